The fraction of sp³-hybridized carbons (Fsp3) is 0.310. The third-order valence-electron chi connectivity index (χ3n) is 7.07. The van der Waals surface area contributed by atoms with Crippen LogP contribution < -0.4 is 15.2 Å². The highest BCUT2D eigenvalue weighted by molar-refractivity contribution is 6.01. The molecule has 42 heavy (non-hydrogen) atoms. The standard InChI is InChI=1S/C29H29F2N7O4/c1-5-24(39)36-10-8-17(16-36)38-28-19(20-9-11-37(34-20)12-13-40-2)15-33-29(32)25(28)21(35-38)7-6-18-26(30)22(41-3)14-23(42-4)27(18)31/h5,9,11,14-15,17H,1,8,10,12-13,16H2,2-4H3,(H2,32,33). The van der Waals surface area contributed by atoms with Gasteiger partial charge < -0.3 is 24.8 Å². The van der Waals surface area contributed by atoms with Crippen LogP contribution in [0.2, 0.25) is 0 Å². The van der Waals surface area contributed by atoms with Crippen LogP contribution >= 0.6 is 0 Å². The summed E-state index contributed by atoms with van der Waals surface area (Å²) in [4.78, 5) is 18.4. The molecule has 4 aromatic rings. The van der Waals surface area contributed by atoms with E-state index in [2.05, 4.69) is 28.5 Å². The van der Waals surface area contributed by atoms with Crippen LogP contribution in [0.1, 0.15) is 23.7 Å². The zero-order valence-corrected chi connectivity index (χ0v) is 23.4. The van der Waals surface area contributed by atoms with Gasteiger partial charge in [-0.05, 0) is 24.5 Å². The lowest BCUT2D eigenvalue weighted by Gasteiger charge is -2.16. The molecule has 1 unspecified atom stereocenters. The molecule has 0 radical (unpaired) electrons. The smallest absolute Gasteiger partial charge is 0.246 e. The number of likely N-dealkylation sites (tertiary alicyclic amines) is 1. The molecule has 0 saturated carbocycles. The first-order valence-corrected chi connectivity index (χ1v) is 13.0. The summed E-state index contributed by atoms with van der Waals surface area (Å²) in [5.41, 5.74) is 7.80. The Hall–Kier alpha value is -4.96. The van der Waals surface area contributed by atoms with Crippen LogP contribution in [0.25, 0.3) is 22.2 Å². The molecule has 1 aliphatic rings. The topological polar surface area (TPSA) is 123 Å². The number of ether oxygens (including phenoxy) is 3. The number of anilines is 1. The quantitative estimate of drug-likeness (QED) is 0.250. The Bertz CT molecular complexity index is 1710. The number of pyridine rings is 1. The minimum atomic E-state index is -0.977. The number of fused-ring (bicyclic) bond motifs is 1. The summed E-state index contributed by atoms with van der Waals surface area (Å²) in [6, 6.07) is 2.70. The SMILES string of the molecule is C=CC(=O)N1CCC(n2nc(C#Cc3c(F)c(OC)cc(OC)c3F)c3c(N)ncc(-c4ccn(CCOC)n4)c32)C1. The maximum Gasteiger partial charge on any atom is 0.246 e. The van der Waals surface area contributed by atoms with Crippen molar-refractivity contribution in [2.24, 2.45) is 0 Å². The first-order valence-electron chi connectivity index (χ1n) is 13.0. The molecule has 5 rings (SSSR count). The molecular weight excluding hydrogens is 548 g/mol. The van der Waals surface area contributed by atoms with Crippen molar-refractivity contribution in [1.29, 1.82) is 0 Å². The van der Waals surface area contributed by atoms with Gasteiger partial charge in [0, 0.05) is 44.2 Å². The predicted molar refractivity (Wildman–Crippen MR) is 151 cm³/mol. The van der Waals surface area contributed by atoms with Crippen molar-refractivity contribution in [3.8, 4) is 34.6 Å². The number of methoxy groups -OCH3 is 3. The summed E-state index contributed by atoms with van der Waals surface area (Å²) in [6.07, 6.45) is 5.29. The van der Waals surface area contributed by atoms with Crippen molar-refractivity contribution in [3.63, 3.8) is 0 Å². The summed E-state index contributed by atoms with van der Waals surface area (Å²) in [5, 5.41) is 9.81. The second kappa shape index (κ2) is 11.9. The molecule has 1 atom stereocenters. The minimum Gasteiger partial charge on any atom is -0.493 e. The normalized spacial score (nSPS) is 14.6. The first-order chi connectivity index (χ1) is 20.3. The lowest BCUT2D eigenvalue weighted by Crippen LogP contribution is -2.27. The largest absolute Gasteiger partial charge is 0.493 e. The third kappa shape index (κ3) is 5.12. The van der Waals surface area contributed by atoms with E-state index in [1.165, 1.54) is 20.3 Å². The van der Waals surface area contributed by atoms with E-state index in [0.29, 0.717) is 54.8 Å². The van der Waals surface area contributed by atoms with Crippen LogP contribution in [0.4, 0.5) is 14.6 Å². The average molecular weight is 578 g/mol. The number of hydrogen-bond acceptors (Lipinski definition) is 8. The lowest BCUT2D eigenvalue weighted by atomic mass is 10.1. The molecule has 1 aliphatic heterocycles. The van der Waals surface area contributed by atoms with Crippen molar-refractivity contribution in [3.05, 3.63) is 60.1 Å². The fourth-order valence-electron chi connectivity index (χ4n) is 4.94. The van der Waals surface area contributed by atoms with E-state index in [-0.39, 0.29) is 35.0 Å². The number of carbonyl (C=O) groups excluding carboxylic acids is 1. The van der Waals surface area contributed by atoms with Crippen molar-refractivity contribution in [2.75, 3.05) is 46.8 Å². The maximum absolute atomic E-state index is 15.1. The van der Waals surface area contributed by atoms with E-state index in [9.17, 15) is 4.79 Å². The lowest BCUT2D eigenvalue weighted by molar-refractivity contribution is -0.125. The van der Waals surface area contributed by atoms with Crippen LogP contribution in [0.15, 0.2) is 37.2 Å². The van der Waals surface area contributed by atoms with E-state index in [0.717, 1.165) is 6.07 Å². The summed E-state index contributed by atoms with van der Waals surface area (Å²) in [7, 11) is 4.13. The molecule has 218 valence electrons. The summed E-state index contributed by atoms with van der Waals surface area (Å²) >= 11 is 0. The van der Waals surface area contributed by atoms with Gasteiger partial charge in [0.2, 0.25) is 5.91 Å². The molecule has 1 saturated heterocycles. The molecule has 1 aromatic carbocycles. The predicted octanol–water partition coefficient (Wildman–Crippen LogP) is 3.18. The van der Waals surface area contributed by atoms with E-state index in [1.807, 2.05) is 12.3 Å². The molecule has 3 aromatic heterocycles. The molecule has 1 amide bonds. The number of nitrogens with two attached hydrogens (primary N) is 1. The van der Waals surface area contributed by atoms with Gasteiger partial charge in [0.15, 0.2) is 23.1 Å². The van der Waals surface area contributed by atoms with Gasteiger partial charge in [-0.15, -0.1) is 0 Å². The van der Waals surface area contributed by atoms with E-state index in [4.69, 9.17) is 25.0 Å². The highest BCUT2D eigenvalue weighted by Crippen LogP contribution is 2.36. The molecule has 13 heteroatoms. The summed E-state index contributed by atoms with van der Waals surface area (Å²) in [6.45, 7) is 5.47. The summed E-state index contributed by atoms with van der Waals surface area (Å²) in [5.74, 6) is 2.90. The molecular formula is C29H29F2N7O4. The number of halogens is 2. The Balaban J connectivity index is 1.70. The second-order valence-electron chi connectivity index (χ2n) is 9.50. The Labute approximate surface area is 240 Å². The molecule has 2 N–H and O–H groups in total. The van der Waals surface area contributed by atoms with Crippen LogP contribution in [-0.4, -0.2) is 76.4 Å². The number of hydrogen-bond donors (Lipinski definition) is 1. The van der Waals surface area contributed by atoms with Gasteiger partial charge in [-0.1, -0.05) is 12.5 Å². The van der Waals surface area contributed by atoms with Crippen molar-refractivity contribution in [2.45, 2.75) is 19.0 Å². The van der Waals surface area contributed by atoms with Crippen molar-refractivity contribution in [1.82, 2.24) is 29.4 Å². The fourth-order valence-corrected chi connectivity index (χ4v) is 4.94. The van der Waals surface area contributed by atoms with Crippen LogP contribution in [0.3, 0.4) is 0 Å². The number of nitrogens with zero attached hydrogens (tertiary/aromatic N) is 6. The Kier molecular flexibility index (Phi) is 8.08. The first kappa shape index (κ1) is 28.6. The number of carbonyl (C=O) groups is 1. The van der Waals surface area contributed by atoms with Gasteiger partial charge in [0.1, 0.15) is 17.1 Å². The highest BCUT2D eigenvalue weighted by Gasteiger charge is 2.31. The zero-order valence-electron chi connectivity index (χ0n) is 23.4. The Morgan fingerprint density at radius 1 is 1.19 bits per heavy atom. The van der Waals surface area contributed by atoms with Gasteiger partial charge >= 0.3 is 0 Å². The van der Waals surface area contributed by atoms with Crippen LogP contribution in [0.5, 0.6) is 11.5 Å². The average Bonchev–Trinajstić information content (AvgIpc) is 3.75. The Morgan fingerprint density at radius 3 is 2.60 bits per heavy atom. The van der Waals surface area contributed by atoms with Crippen LogP contribution in [0, 0.1) is 23.5 Å². The molecule has 11 nitrogen and oxygen atoms in total. The molecule has 0 bridgehead atoms. The van der Waals surface area contributed by atoms with Gasteiger partial charge in [-0.3, -0.25) is 14.2 Å². The van der Waals surface area contributed by atoms with Gasteiger partial charge in [-0.25, -0.2) is 13.8 Å². The molecule has 0 aliphatic carbocycles. The van der Waals surface area contributed by atoms with E-state index in [1.54, 1.807) is 27.6 Å². The monoisotopic (exact) mass is 577 g/mol. The minimum absolute atomic E-state index is 0.129. The molecule has 0 spiro atoms. The van der Waals surface area contributed by atoms with Crippen molar-refractivity contribution >= 4 is 22.6 Å². The highest BCUT2D eigenvalue weighted by atomic mass is 19.1. The molecule has 4 heterocycles. The van der Waals surface area contributed by atoms with E-state index < -0.39 is 17.2 Å². The van der Waals surface area contributed by atoms with Crippen molar-refractivity contribution < 1.29 is 27.8 Å². The van der Waals surface area contributed by atoms with Gasteiger partial charge in [0.05, 0.1) is 50.0 Å². The van der Waals surface area contributed by atoms with Gasteiger partial charge in [0.25, 0.3) is 0 Å². The third-order valence-corrected chi connectivity index (χ3v) is 7.07. The number of aromatic nitrogens is 5. The number of benzene rings is 1. The number of amides is 1. The number of nitrogen functional groups attached to an aromatic ring is 1. The molecule has 1 fully saturated rings. The Morgan fingerprint density at radius 2 is 1.93 bits per heavy atom. The zero-order chi connectivity index (χ0) is 30.0. The number of rotatable bonds is 8. The van der Waals surface area contributed by atoms with Crippen LogP contribution in [-0.2, 0) is 16.1 Å². The van der Waals surface area contributed by atoms with E-state index >= 15 is 8.78 Å². The maximum atomic E-state index is 15.1. The van der Waals surface area contributed by atoms with Gasteiger partial charge in [-0.2, -0.15) is 10.2 Å². The second-order valence-corrected chi connectivity index (χ2v) is 9.50. The summed E-state index contributed by atoms with van der Waals surface area (Å²) < 4.78 is 48.9.